The molecule has 0 amide bonds. The molecule has 66 valence electrons. The first-order valence-electron chi connectivity index (χ1n) is 3.66. The lowest BCUT2D eigenvalue weighted by atomic mass is 10.4. The van der Waals surface area contributed by atoms with E-state index in [0.717, 1.165) is 0 Å². The Bertz CT molecular complexity index is 319. The fourth-order valence-corrected chi connectivity index (χ4v) is 1.24. The van der Waals surface area contributed by atoms with Gasteiger partial charge in [-0.2, -0.15) is 0 Å². The molecular formula is C8H12N2OS. The first kappa shape index (κ1) is 9.32. The highest BCUT2D eigenvalue weighted by Gasteiger charge is 2.18. The topological polar surface area (TPSA) is 34.9 Å². The average Bonchev–Trinajstić information content (AvgIpc) is 2.05. The zero-order valence-electron chi connectivity index (χ0n) is 7.44. The molecule has 1 aromatic rings. The van der Waals surface area contributed by atoms with E-state index >= 15 is 0 Å². The van der Waals surface area contributed by atoms with Crippen LogP contribution in [0.25, 0.3) is 0 Å². The monoisotopic (exact) mass is 184 g/mol. The first-order valence-corrected chi connectivity index (χ1v) is 4.89. The third-order valence-electron chi connectivity index (χ3n) is 1.80. The molecule has 0 fully saturated rings. The number of nitrogens with zero attached hydrogens (tertiary/aromatic N) is 2. The van der Waals surface area contributed by atoms with E-state index in [1.165, 1.54) is 6.20 Å². The van der Waals surface area contributed by atoms with Crippen LogP contribution < -0.4 is 5.56 Å². The SMILES string of the molecule is CSC(C)(C)n1ccncc1=O. The molecule has 0 saturated carbocycles. The number of aromatic nitrogens is 2. The van der Waals surface area contributed by atoms with Gasteiger partial charge in [0.1, 0.15) is 0 Å². The average molecular weight is 184 g/mol. The lowest BCUT2D eigenvalue weighted by Gasteiger charge is -2.24. The predicted octanol–water partition coefficient (Wildman–Crippen LogP) is 1.30. The Labute approximate surface area is 75.8 Å². The van der Waals surface area contributed by atoms with Crippen molar-refractivity contribution in [3.63, 3.8) is 0 Å². The summed E-state index contributed by atoms with van der Waals surface area (Å²) >= 11 is 1.63. The molecule has 0 aliphatic heterocycles. The third kappa shape index (κ3) is 1.69. The lowest BCUT2D eigenvalue weighted by molar-refractivity contribution is 0.516. The normalized spacial score (nSPS) is 11.6. The molecule has 0 aromatic carbocycles. The van der Waals surface area contributed by atoms with Crippen molar-refractivity contribution in [2.24, 2.45) is 0 Å². The van der Waals surface area contributed by atoms with Crippen molar-refractivity contribution in [2.75, 3.05) is 6.26 Å². The minimum Gasteiger partial charge on any atom is -0.298 e. The fourth-order valence-electron chi connectivity index (χ4n) is 0.891. The molecule has 12 heavy (non-hydrogen) atoms. The minimum atomic E-state index is -0.194. The molecule has 0 atom stereocenters. The molecule has 0 bridgehead atoms. The van der Waals surface area contributed by atoms with Gasteiger partial charge in [-0.1, -0.05) is 0 Å². The molecule has 0 aliphatic carbocycles. The van der Waals surface area contributed by atoms with E-state index in [2.05, 4.69) is 4.98 Å². The molecule has 0 spiro atoms. The van der Waals surface area contributed by atoms with Crippen LogP contribution in [0.4, 0.5) is 0 Å². The van der Waals surface area contributed by atoms with Crippen LogP contribution in [-0.4, -0.2) is 15.8 Å². The highest BCUT2D eigenvalue weighted by atomic mass is 32.2. The summed E-state index contributed by atoms with van der Waals surface area (Å²) in [7, 11) is 0. The standard InChI is InChI=1S/C8H12N2OS/c1-8(2,12-3)10-5-4-9-6-7(10)11/h4-6H,1-3H3. The Balaban J connectivity index is 3.20. The second-order valence-electron chi connectivity index (χ2n) is 2.94. The van der Waals surface area contributed by atoms with Crippen LogP contribution in [0, 0.1) is 0 Å². The van der Waals surface area contributed by atoms with E-state index in [1.807, 2.05) is 20.1 Å². The number of hydrogen-bond donors (Lipinski definition) is 0. The van der Waals surface area contributed by atoms with Gasteiger partial charge in [0.2, 0.25) is 0 Å². The molecule has 1 rings (SSSR count). The van der Waals surface area contributed by atoms with E-state index in [4.69, 9.17) is 0 Å². The van der Waals surface area contributed by atoms with Crippen molar-refractivity contribution in [1.29, 1.82) is 0 Å². The second kappa shape index (κ2) is 3.31. The molecule has 0 aliphatic rings. The summed E-state index contributed by atoms with van der Waals surface area (Å²) < 4.78 is 1.67. The molecular weight excluding hydrogens is 172 g/mol. The fraction of sp³-hybridized carbons (Fsp3) is 0.500. The predicted molar refractivity (Wildman–Crippen MR) is 51.3 cm³/mol. The van der Waals surface area contributed by atoms with Crippen molar-refractivity contribution in [3.8, 4) is 0 Å². The highest BCUT2D eigenvalue weighted by Crippen LogP contribution is 2.24. The Morgan fingerprint density at radius 2 is 2.25 bits per heavy atom. The van der Waals surface area contributed by atoms with Gasteiger partial charge >= 0.3 is 0 Å². The van der Waals surface area contributed by atoms with Gasteiger partial charge in [0.25, 0.3) is 5.56 Å². The maximum Gasteiger partial charge on any atom is 0.270 e. The van der Waals surface area contributed by atoms with Crippen LogP contribution >= 0.6 is 11.8 Å². The molecule has 3 nitrogen and oxygen atoms in total. The van der Waals surface area contributed by atoms with E-state index < -0.39 is 0 Å². The quantitative estimate of drug-likeness (QED) is 0.695. The highest BCUT2D eigenvalue weighted by molar-refractivity contribution is 7.99. The maximum absolute atomic E-state index is 11.3. The molecule has 0 unspecified atom stereocenters. The third-order valence-corrected chi connectivity index (χ3v) is 3.00. The minimum absolute atomic E-state index is 0.0585. The molecule has 1 heterocycles. The molecule has 1 aromatic heterocycles. The Kier molecular flexibility index (Phi) is 2.57. The van der Waals surface area contributed by atoms with Crippen molar-refractivity contribution >= 4 is 11.8 Å². The Hall–Kier alpha value is -0.770. The van der Waals surface area contributed by atoms with Crippen LogP contribution in [0.2, 0.25) is 0 Å². The van der Waals surface area contributed by atoms with Crippen LogP contribution in [0.3, 0.4) is 0 Å². The zero-order valence-corrected chi connectivity index (χ0v) is 8.26. The molecule has 0 radical (unpaired) electrons. The van der Waals surface area contributed by atoms with Crippen molar-refractivity contribution in [3.05, 3.63) is 28.9 Å². The smallest absolute Gasteiger partial charge is 0.270 e. The zero-order chi connectivity index (χ0) is 9.19. The van der Waals surface area contributed by atoms with Crippen molar-refractivity contribution < 1.29 is 0 Å². The van der Waals surface area contributed by atoms with Gasteiger partial charge in [-0.25, -0.2) is 0 Å². The maximum atomic E-state index is 11.3. The van der Waals surface area contributed by atoms with Gasteiger partial charge in [0.05, 0.1) is 11.1 Å². The summed E-state index contributed by atoms with van der Waals surface area (Å²) in [5.74, 6) is 0. The molecule has 0 saturated heterocycles. The van der Waals surface area contributed by atoms with Gasteiger partial charge in [0.15, 0.2) is 0 Å². The van der Waals surface area contributed by atoms with E-state index in [0.29, 0.717) is 0 Å². The van der Waals surface area contributed by atoms with E-state index in [1.54, 1.807) is 28.7 Å². The van der Waals surface area contributed by atoms with Gasteiger partial charge in [0, 0.05) is 12.4 Å². The van der Waals surface area contributed by atoms with Gasteiger partial charge < -0.3 is 0 Å². The van der Waals surface area contributed by atoms with Crippen LogP contribution in [0.5, 0.6) is 0 Å². The number of rotatable bonds is 2. The number of hydrogen-bond acceptors (Lipinski definition) is 3. The molecule has 0 N–H and O–H groups in total. The van der Waals surface area contributed by atoms with Gasteiger partial charge in [-0.15, -0.1) is 11.8 Å². The van der Waals surface area contributed by atoms with Crippen molar-refractivity contribution in [1.82, 2.24) is 9.55 Å². The van der Waals surface area contributed by atoms with E-state index in [9.17, 15) is 4.79 Å². The van der Waals surface area contributed by atoms with Gasteiger partial charge in [-0.3, -0.25) is 14.3 Å². The number of thioether (sulfide) groups is 1. The summed E-state index contributed by atoms with van der Waals surface area (Å²) in [5, 5.41) is 0. The van der Waals surface area contributed by atoms with Crippen LogP contribution in [-0.2, 0) is 4.87 Å². The van der Waals surface area contributed by atoms with E-state index in [-0.39, 0.29) is 10.4 Å². The summed E-state index contributed by atoms with van der Waals surface area (Å²) in [6.45, 7) is 4.00. The summed E-state index contributed by atoms with van der Waals surface area (Å²) in [6.07, 6.45) is 6.64. The van der Waals surface area contributed by atoms with Crippen molar-refractivity contribution in [2.45, 2.75) is 18.7 Å². The Morgan fingerprint density at radius 3 is 2.75 bits per heavy atom. The van der Waals surface area contributed by atoms with Crippen LogP contribution in [0.1, 0.15) is 13.8 Å². The summed E-state index contributed by atoms with van der Waals surface area (Å²) in [5.41, 5.74) is -0.0585. The summed E-state index contributed by atoms with van der Waals surface area (Å²) in [4.78, 5) is 14.9. The second-order valence-corrected chi connectivity index (χ2v) is 4.34. The largest absolute Gasteiger partial charge is 0.298 e. The summed E-state index contributed by atoms with van der Waals surface area (Å²) in [6, 6.07) is 0. The van der Waals surface area contributed by atoms with Gasteiger partial charge in [-0.05, 0) is 20.1 Å². The lowest BCUT2D eigenvalue weighted by Crippen LogP contribution is -2.32. The Morgan fingerprint density at radius 1 is 1.58 bits per heavy atom. The molecule has 4 heteroatoms. The van der Waals surface area contributed by atoms with Crippen LogP contribution in [0.15, 0.2) is 23.4 Å². The first-order chi connectivity index (χ1) is 5.58.